The van der Waals surface area contributed by atoms with Crippen LogP contribution in [-0.4, -0.2) is 26.7 Å². The van der Waals surface area contributed by atoms with Crippen molar-refractivity contribution in [2.24, 2.45) is 0 Å². The number of rotatable bonds is 6. The fraction of sp³-hybridized carbons (Fsp3) is 0.200. The van der Waals surface area contributed by atoms with Gasteiger partial charge in [0.05, 0.1) is 0 Å². The van der Waals surface area contributed by atoms with Crippen LogP contribution in [-0.2, 0) is 11.3 Å². The first-order chi connectivity index (χ1) is 13.5. The number of urea groups is 1. The van der Waals surface area contributed by atoms with Crippen molar-refractivity contribution >= 4 is 23.3 Å². The van der Waals surface area contributed by atoms with Gasteiger partial charge in [0.2, 0.25) is 5.91 Å². The van der Waals surface area contributed by atoms with Crippen molar-refractivity contribution in [1.29, 1.82) is 0 Å². The van der Waals surface area contributed by atoms with Gasteiger partial charge in [-0.25, -0.2) is 14.5 Å². The summed E-state index contributed by atoms with van der Waals surface area (Å²) in [7, 11) is 0. The number of aromatic nitrogens is 3. The molecule has 0 aliphatic heterocycles. The first-order valence-electron chi connectivity index (χ1n) is 8.87. The molecule has 144 valence electrons. The highest BCUT2D eigenvalue weighted by atomic mass is 16.2. The lowest BCUT2D eigenvalue weighted by Crippen LogP contribution is -2.28. The van der Waals surface area contributed by atoms with Gasteiger partial charge >= 0.3 is 6.03 Å². The second-order valence-electron chi connectivity index (χ2n) is 6.41. The summed E-state index contributed by atoms with van der Waals surface area (Å²) in [6.07, 6.45) is 2.88. The fourth-order valence-electron chi connectivity index (χ4n) is 2.48. The number of aryl methyl sites for hydroxylation is 1. The van der Waals surface area contributed by atoms with E-state index in [0.717, 1.165) is 5.56 Å². The number of hydrogen-bond acceptors (Lipinski definition) is 4. The molecule has 1 aromatic heterocycles. The van der Waals surface area contributed by atoms with E-state index in [9.17, 15) is 9.59 Å². The second kappa shape index (κ2) is 8.81. The predicted octanol–water partition coefficient (Wildman–Crippen LogP) is 3.11. The Bertz CT molecular complexity index is 920. The van der Waals surface area contributed by atoms with E-state index in [1.54, 1.807) is 31.2 Å². The van der Waals surface area contributed by atoms with Gasteiger partial charge in [0.15, 0.2) is 0 Å². The zero-order chi connectivity index (χ0) is 19.9. The normalized spacial score (nSPS) is 11.5. The van der Waals surface area contributed by atoms with Crippen molar-refractivity contribution in [2.45, 2.75) is 26.4 Å². The van der Waals surface area contributed by atoms with E-state index in [2.05, 4.69) is 26.0 Å². The minimum Gasteiger partial charge on any atom is -0.334 e. The van der Waals surface area contributed by atoms with E-state index < -0.39 is 6.04 Å². The zero-order valence-corrected chi connectivity index (χ0v) is 15.7. The third-order valence-electron chi connectivity index (χ3n) is 4.20. The predicted molar refractivity (Wildman–Crippen MR) is 107 cm³/mol. The molecule has 0 aliphatic carbocycles. The van der Waals surface area contributed by atoms with Gasteiger partial charge in [-0.1, -0.05) is 29.8 Å². The van der Waals surface area contributed by atoms with Crippen molar-refractivity contribution in [3.8, 4) is 0 Å². The first kappa shape index (κ1) is 19.1. The number of hydrogen-bond donors (Lipinski definition) is 3. The van der Waals surface area contributed by atoms with Gasteiger partial charge in [0.25, 0.3) is 0 Å². The summed E-state index contributed by atoms with van der Waals surface area (Å²) in [4.78, 5) is 28.1. The molecule has 0 saturated carbocycles. The van der Waals surface area contributed by atoms with Gasteiger partial charge in [0.1, 0.15) is 18.7 Å². The van der Waals surface area contributed by atoms with E-state index in [-0.39, 0.29) is 11.9 Å². The van der Waals surface area contributed by atoms with Crippen LogP contribution >= 0.6 is 0 Å². The molecule has 3 rings (SSSR count). The Morgan fingerprint density at radius 3 is 2.25 bits per heavy atom. The number of nitrogens with zero attached hydrogens (tertiary/aromatic N) is 3. The van der Waals surface area contributed by atoms with Gasteiger partial charge < -0.3 is 16.0 Å². The minimum atomic E-state index is -0.479. The van der Waals surface area contributed by atoms with Crippen molar-refractivity contribution in [3.05, 3.63) is 72.3 Å². The van der Waals surface area contributed by atoms with Crippen LogP contribution in [0.2, 0.25) is 0 Å². The van der Waals surface area contributed by atoms with Crippen LogP contribution < -0.4 is 16.0 Å². The Morgan fingerprint density at radius 1 is 1.00 bits per heavy atom. The van der Waals surface area contributed by atoms with Gasteiger partial charge in [0, 0.05) is 17.9 Å². The minimum absolute atomic E-state index is 0.206. The number of benzene rings is 2. The topological polar surface area (TPSA) is 101 Å². The van der Waals surface area contributed by atoms with Crippen LogP contribution in [0.5, 0.6) is 0 Å². The van der Waals surface area contributed by atoms with Gasteiger partial charge in [-0.05, 0) is 43.7 Å². The van der Waals surface area contributed by atoms with Crippen molar-refractivity contribution in [3.63, 3.8) is 0 Å². The monoisotopic (exact) mass is 378 g/mol. The molecule has 0 unspecified atom stereocenters. The van der Waals surface area contributed by atoms with E-state index in [4.69, 9.17) is 0 Å². The smallest absolute Gasteiger partial charge is 0.319 e. The highest BCUT2D eigenvalue weighted by molar-refractivity contribution is 5.94. The first-order valence-corrected chi connectivity index (χ1v) is 8.87. The largest absolute Gasteiger partial charge is 0.334 e. The maximum Gasteiger partial charge on any atom is 0.319 e. The summed E-state index contributed by atoms with van der Waals surface area (Å²) in [5.74, 6) is -0.206. The summed E-state index contributed by atoms with van der Waals surface area (Å²) < 4.78 is 1.48. The number of nitrogens with one attached hydrogen (secondary N) is 3. The molecule has 3 amide bonds. The Balaban J connectivity index is 1.49. The van der Waals surface area contributed by atoms with E-state index in [0.29, 0.717) is 17.9 Å². The number of carbonyl (C=O) groups is 2. The Labute approximate surface area is 163 Å². The molecule has 0 spiro atoms. The van der Waals surface area contributed by atoms with E-state index in [1.807, 2.05) is 31.2 Å². The summed E-state index contributed by atoms with van der Waals surface area (Å²) >= 11 is 0. The van der Waals surface area contributed by atoms with Crippen molar-refractivity contribution in [1.82, 2.24) is 20.1 Å². The Kier molecular flexibility index (Phi) is 6.01. The molecule has 8 heteroatoms. The maximum atomic E-state index is 12.2. The molecular weight excluding hydrogens is 356 g/mol. The highest BCUT2D eigenvalue weighted by Crippen LogP contribution is 2.15. The SMILES string of the molecule is Cc1ccc(CNC(=O)Nc2ccc(NC(=O)[C@@H](C)n3cncn3)cc2)cc1. The number of carbonyl (C=O) groups excluding carboxylic acids is 2. The maximum absolute atomic E-state index is 12.2. The standard InChI is InChI=1S/C20H22N6O2/c1-14-3-5-16(6-4-14)11-22-20(28)25-18-9-7-17(8-10-18)24-19(27)15(2)26-13-21-12-23-26/h3-10,12-13,15H,11H2,1-2H3,(H,24,27)(H2,22,25,28)/t15-/m1/s1. The molecule has 0 saturated heterocycles. The molecule has 3 aromatic rings. The Hall–Kier alpha value is -3.68. The van der Waals surface area contributed by atoms with Crippen LogP contribution in [0, 0.1) is 6.92 Å². The summed E-state index contributed by atoms with van der Waals surface area (Å²) in [5, 5.41) is 12.3. The average molecular weight is 378 g/mol. The van der Waals surface area contributed by atoms with Gasteiger partial charge in [-0.3, -0.25) is 4.79 Å². The molecule has 28 heavy (non-hydrogen) atoms. The summed E-state index contributed by atoms with van der Waals surface area (Å²) in [5.41, 5.74) is 3.46. The van der Waals surface area contributed by atoms with Crippen LogP contribution in [0.15, 0.2) is 61.2 Å². The highest BCUT2D eigenvalue weighted by Gasteiger charge is 2.15. The lowest BCUT2D eigenvalue weighted by molar-refractivity contribution is -0.119. The number of anilines is 2. The van der Waals surface area contributed by atoms with E-state index >= 15 is 0 Å². The lowest BCUT2D eigenvalue weighted by Gasteiger charge is -2.13. The van der Waals surface area contributed by atoms with E-state index in [1.165, 1.54) is 22.9 Å². The third-order valence-corrected chi connectivity index (χ3v) is 4.20. The molecule has 0 aliphatic rings. The molecular formula is C20H22N6O2. The molecule has 2 aromatic carbocycles. The van der Waals surface area contributed by atoms with Crippen molar-refractivity contribution in [2.75, 3.05) is 10.6 Å². The fourth-order valence-corrected chi connectivity index (χ4v) is 2.48. The second-order valence-corrected chi connectivity index (χ2v) is 6.41. The summed E-state index contributed by atoms with van der Waals surface area (Å²) in [6.45, 7) is 4.20. The van der Waals surface area contributed by atoms with Crippen LogP contribution in [0.1, 0.15) is 24.1 Å². The lowest BCUT2D eigenvalue weighted by atomic mass is 10.1. The van der Waals surface area contributed by atoms with Crippen LogP contribution in [0.25, 0.3) is 0 Å². The summed E-state index contributed by atoms with van der Waals surface area (Å²) in [6, 6.07) is 14.1. The molecule has 0 radical (unpaired) electrons. The molecule has 1 atom stereocenters. The number of amides is 3. The Morgan fingerprint density at radius 2 is 1.64 bits per heavy atom. The van der Waals surface area contributed by atoms with Crippen LogP contribution in [0.3, 0.4) is 0 Å². The molecule has 0 bridgehead atoms. The molecule has 0 fully saturated rings. The van der Waals surface area contributed by atoms with Crippen LogP contribution in [0.4, 0.5) is 16.2 Å². The van der Waals surface area contributed by atoms with Crippen molar-refractivity contribution < 1.29 is 9.59 Å². The molecule has 8 nitrogen and oxygen atoms in total. The molecule has 3 N–H and O–H groups in total. The average Bonchev–Trinajstić information content (AvgIpc) is 3.23. The van der Waals surface area contributed by atoms with Gasteiger partial charge in [-0.2, -0.15) is 5.10 Å². The molecule has 1 heterocycles. The zero-order valence-electron chi connectivity index (χ0n) is 15.7. The third kappa shape index (κ3) is 5.16. The quantitative estimate of drug-likeness (QED) is 0.613. The van der Waals surface area contributed by atoms with Gasteiger partial charge in [-0.15, -0.1) is 0 Å².